The van der Waals surface area contributed by atoms with Crippen molar-refractivity contribution in [3.05, 3.63) is 89.2 Å². The fraction of sp³-hybridized carbons (Fsp3) is 0.543. The van der Waals surface area contributed by atoms with Gasteiger partial charge in [0.25, 0.3) is 0 Å². The molecule has 0 aromatic heterocycles. The number of unbranched alkanes of at least 4 members (excludes halogenated alkanes) is 7. The fourth-order valence-corrected chi connectivity index (χ4v) is 6.30. The summed E-state index contributed by atoms with van der Waals surface area (Å²) in [5, 5.41) is 20.3. The molecule has 6 nitrogen and oxygen atoms in total. The van der Waals surface area contributed by atoms with Crippen LogP contribution < -0.4 is 4.74 Å². The second-order valence-electron chi connectivity index (χ2n) is 11.8. The molecule has 0 bridgehead atoms. The van der Waals surface area contributed by atoms with E-state index in [-0.39, 0.29) is 18.3 Å². The minimum Gasteiger partial charge on any atom is -0.494 e. The summed E-state index contributed by atoms with van der Waals surface area (Å²) in [6.45, 7) is 6.47. The van der Waals surface area contributed by atoms with Crippen LogP contribution in [0.2, 0.25) is 0 Å². The lowest BCUT2D eigenvalue weighted by Crippen LogP contribution is -2.36. The highest BCUT2D eigenvalue weighted by Gasteiger charge is 2.39. The van der Waals surface area contributed by atoms with Gasteiger partial charge in [0.2, 0.25) is 0 Å². The van der Waals surface area contributed by atoms with Gasteiger partial charge in [-0.15, -0.1) is 0 Å². The predicted octanol–water partition coefficient (Wildman–Crippen LogP) is 6.31. The minimum atomic E-state index is -1.86. The number of benzene rings is 2. The van der Waals surface area contributed by atoms with Crippen LogP contribution in [0.15, 0.2) is 78.1 Å². The quantitative estimate of drug-likeness (QED) is 0.208. The third-order valence-electron chi connectivity index (χ3n) is 8.63. The van der Waals surface area contributed by atoms with Gasteiger partial charge in [-0.05, 0) is 48.2 Å². The summed E-state index contributed by atoms with van der Waals surface area (Å²) < 4.78 is 17.5. The van der Waals surface area contributed by atoms with Crippen molar-refractivity contribution in [3.63, 3.8) is 0 Å². The Kier molecular flexibility index (Phi) is 10.9. The molecule has 6 heteroatoms. The second-order valence-corrected chi connectivity index (χ2v) is 11.8. The van der Waals surface area contributed by atoms with Crippen molar-refractivity contribution in [2.24, 2.45) is 0 Å². The Balaban J connectivity index is 1.04. The van der Waals surface area contributed by atoms with Crippen LogP contribution in [0.1, 0.15) is 80.8 Å². The van der Waals surface area contributed by atoms with Gasteiger partial charge in [-0.3, -0.25) is 4.90 Å². The van der Waals surface area contributed by atoms with Crippen LogP contribution in [0, 0.1) is 0 Å². The van der Waals surface area contributed by atoms with Crippen molar-refractivity contribution < 1.29 is 24.4 Å². The number of hydrogen-bond donors (Lipinski definition) is 2. The van der Waals surface area contributed by atoms with E-state index in [2.05, 4.69) is 53.4 Å². The average molecular weight is 562 g/mol. The lowest BCUT2D eigenvalue weighted by atomic mass is 9.73. The molecule has 2 N–H and O–H groups in total. The van der Waals surface area contributed by atoms with Gasteiger partial charge in [-0.1, -0.05) is 87.1 Å². The molecule has 2 aromatic rings. The molecule has 2 aromatic carbocycles. The number of morpholine rings is 1. The number of ether oxygens (including phenoxy) is 3. The van der Waals surface area contributed by atoms with Crippen molar-refractivity contribution in [3.8, 4) is 5.75 Å². The summed E-state index contributed by atoms with van der Waals surface area (Å²) in [6.07, 6.45) is 13.8. The molecule has 2 fully saturated rings. The zero-order valence-corrected chi connectivity index (χ0v) is 24.4. The molecule has 1 aliphatic carbocycles. The molecule has 3 aliphatic rings. The van der Waals surface area contributed by atoms with E-state index in [1.807, 2.05) is 12.1 Å². The molecule has 0 spiro atoms. The monoisotopic (exact) mass is 561 g/mol. The van der Waals surface area contributed by atoms with Crippen LogP contribution in [0.3, 0.4) is 0 Å². The minimum absolute atomic E-state index is 0.0712. The smallest absolute Gasteiger partial charge is 0.190 e. The molecule has 0 saturated carbocycles. The largest absolute Gasteiger partial charge is 0.494 e. The first-order valence-corrected chi connectivity index (χ1v) is 15.7. The van der Waals surface area contributed by atoms with E-state index in [0.29, 0.717) is 12.4 Å². The van der Waals surface area contributed by atoms with E-state index in [0.717, 1.165) is 50.7 Å². The number of allylic oxidation sites excluding steroid dienone is 1. The van der Waals surface area contributed by atoms with Gasteiger partial charge in [-0.25, -0.2) is 0 Å². The van der Waals surface area contributed by atoms with E-state index in [1.54, 1.807) is 0 Å². The highest BCUT2D eigenvalue weighted by molar-refractivity contribution is 5.48. The van der Waals surface area contributed by atoms with Crippen molar-refractivity contribution >= 4 is 0 Å². The maximum absolute atomic E-state index is 10.2. The lowest BCUT2D eigenvalue weighted by Gasteiger charge is -2.39. The zero-order valence-electron chi connectivity index (χ0n) is 24.4. The average Bonchev–Trinajstić information content (AvgIpc) is 3.00. The highest BCUT2D eigenvalue weighted by atomic mass is 16.5. The lowest BCUT2D eigenvalue weighted by molar-refractivity contribution is -0.118. The van der Waals surface area contributed by atoms with Gasteiger partial charge < -0.3 is 24.4 Å². The molecule has 41 heavy (non-hydrogen) atoms. The van der Waals surface area contributed by atoms with Gasteiger partial charge in [0.15, 0.2) is 5.79 Å². The molecule has 5 rings (SSSR count). The van der Waals surface area contributed by atoms with Crippen LogP contribution in [0.5, 0.6) is 5.75 Å². The standard InChI is InChI=1S/C35H47NO5/c37-35(38)19-18-31-33(26-35)41-27-32(28-12-8-7-9-13-28)34(31)29-14-16-30(17-15-29)40-23-11-6-4-2-1-3-5-10-20-36-21-24-39-25-22-36/h7-9,12-18,26,32,34,37-38H,1-6,10-11,19-25,27H2/t32-,34-/m0/s1. The van der Waals surface area contributed by atoms with Gasteiger partial charge in [0.1, 0.15) is 11.5 Å². The normalized spacial score (nSPS) is 22.3. The van der Waals surface area contributed by atoms with Crippen molar-refractivity contribution in [1.29, 1.82) is 0 Å². The highest BCUT2D eigenvalue weighted by Crippen LogP contribution is 2.48. The number of nitrogens with zero attached hydrogens (tertiary/aromatic N) is 1. The Morgan fingerprint density at radius 1 is 0.805 bits per heavy atom. The summed E-state index contributed by atoms with van der Waals surface area (Å²) in [7, 11) is 0. The number of aliphatic hydroxyl groups is 2. The molecule has 2 heterocycles. The Morgan fingerprint density at radius 2 is 1.49 bits per heavy atom. The summed E-state index contributed by atoms with van der Waals surface area (Å²) in [4.78, 5) is 2.53. The molecule has 0 radical (unpaired) electrons. The van der Waals surface area contributed by atoms with Crippen molar-refractivity contribution in [2.75, 3.05) is 46.1 Å². The molecule has 2 saturated heterocycles. The van der Waals surface area contributed by atoms with Crippen LogP contribution >= 0.6 is 0 Å². The van der Waals surface area contributed by atoms with E-state index in [4.69, 9.17) is 14.2 Å². The summed E-state index contributed by atoms with van der Waals surface area (Å²) >= 11 is 0. The second kappa shape index (κ2) is 15.0. The maximum atomic E-state index is 10.2. The Labute approximate surface area is 245 Å². The predicted molar refractivity (Wildman–Crippen MR) is 162 cm³/mol. The first-order chi connectivity index (χ1) is 20.1. The summed E-state index contributed by atoms with van der Waals surface area (Å²) in [5.74, 6) is -0.172. The van der Waals surface area contributed by atoms with Crippen LogP contribution in [0.4, 0.5) is 0 Å². The molecule has 222 valence electrons. The molecular weight excluding hydrogens is 514 g/mol. The molecule has 0 unspecified atom stereocenters. The fourth-order valence-electron chi connectivity index (χ4n) is 6.30. The Morgan fingerprint density at radius 3 is 2.22 bits per heavy atom. The number of hydrogen-bond acceptors (Lipinski definition) is 6. The Hall–Kier alpha value is -2.64. The van der Waals surface area contributed by atoms with Crippen LogP contribution in [-0.4, -0.2) is 67.0 Å². The molecule has 2 aliphatic heterocycles. The van der Waals surface area contributed by atoms with Crippen LogP contribution in [-0.2, 0) is 9.47 Å². The summed E-state index contributed by atoms with van der Waals surface area (Å²) in [5.41, 5.74) is 3.42. The third-order valence-corrected chi connectivity index (χ3v) is 8.63. The molecule has 0 amide bonds. The number of fused-ring (bicyclic) bond motifs is 1. The van der Waals surface area contributed by atoms with Gasteiger partial charge in [0, 0.05) is 37.4 Å². The topological polar surface area (TPSA) is 71.4 Å². The van der Waals surface area contributed by atoms with E-state index >= 15 is 0 Å². The first-order valence-electron chi connectivity index (χ1n) is 15.7. The van der Waals surface area contributed by atoms with Crippen LogP contribution in [0.25, 0.3) is 0 Å². The molecular formula is C35H47NO5. The first kappa shape index (κ1) is 29.8. The van der Waals surface area contributed by atoms with Gasteiger partial charge in [-0.2, -0.15) is 0 Å². The Bertz CT molecular complexity index is 1120. The van der Waals surface area contributed by atoms with E-state index in [1.165, 1.54) is 68.7 Å². The number of rotatable bonds is 14. The molecule has 2 atom stereocenters. The summed E-state index contributed by atoms with van der Waals surface area (Å²) in [6, 6.07) is 18.9. The zero-order chi connectivity index (χ0) is 28.3. The van der Waals surface area contributed by atoms with Gasteiger partial charge >= 0.3 is 0 Å². The van der Waals surface area contributed by atoms with E-state index in [9.17, 15) is 10.2 Å². The van der Waals surface area contributed by atoms with Crippen molar-refractivity contribution in [2.45, 2.75) is 75.4 Å². The maximum Gasteiger partial charge on any atom is 0.190 e. The van der Waals surface area contributed by atoms with Gasteiger partial charge in [0.05, 0.1) is 26.4 Å². The van der Waals surface area contributed by atoms with Crippen molar-refractivity contribution in [1.82, 2.24) is 4.90 Å². The van der Waals surface area contributed by atoms with E-state index < -0.39 is 5.79 Å². The SMILES string of the molecule is OC1(O)C=C2OC[C@@H](c3ccccc3)[C@@H](c3ccc(OCCCCCCCCCCN4CCOCC4)cc3)C2=CC1. The third kappa shape index (κ3) is 8.68.